The van der Waals surface area contributed by atoms with E-state index in [2.05, 4.69) is 31.9 Å². The molecule has 0 bridgehead atoms. The van der Waals surface area contributed by atoms with E-state index >= 15 is 0 Å². The van der Waals surface area contributed by atoms with E-state index in [1.54, 1.807) is 10.4 Å². The number of hydrogen-bond donors (Lipinski definition) is 1. The molecule has 2 rings (SSSR count). The molecular weight excluding hydrogens is 422 g/mol. The third-order valence-corrected chi connectivity index (χ3v) is 7.53. The van der Waals surface area contributed by atoms with Crippen molar-refractivity contribution in [3.05, 3.63) is 26.6 Å². The molecule has 1 heterocycles. The topological polar surface area (TPSA) is 57.6 Å². The molecule has 0 radical (unpaired) electrons. The van der Waals surface area contributed by atoms with Gasteiger partial charge >= 0.3 is 0 Å². The second kappa shape index (κ2) is 7.08. The van der Waals surface area contributed by atoms with Crippen molar-refractivity contribution < 1.29 is 13.5 Å². The maximum Gasteiger partial charge on any atom is 0.244 e. The molecule has 1 aromatic carbocycles. The zero-order valence-corrected chi connectivity index (χ0v) is 15.8. The second-order valence-corrected chi connectivity index (χ2v) is 9.03. The Hall–Kier alpha value is 0.0500. The van der Waals surface area contributed by atoms with Crippen molar-refractivity contribution in [3.8, 4) is 0 Å². The SMILES string of the molecule is Cc1cc(Br)c(S(=O)(=O)N2CCCC(CCO)C2)cc1Br. The van der Waals surface area contributed by atoms with E-state index in [0.717, 1.165) is 22.9 Å². The highest BCUT2D eigenvalue weighted by atomic mass is 79.9. The summed E-state index contributed by atoms with van der Waals surface area (Å²) in [5, 5.41) is 9.05. The zero-order chi connectivity index (χ0) is 15.6. The minimum absolute atomic E-state index is 0.109. The lowest BCUT2D eigenvalue weighted by atomic mass is 9.97. The molecule has 0 saturated carbocycles. The number of aliphatic hydroxyl groups is 1. The maximum atomic E-state index is 12.8. The largest absolute Gasteiger partial charge is 0.396 e. The van der Waals surface area contributed by atoms with Gasteiger partial charge in [-0.3, -0.25) is 0 Å². The van der Waals surface area contributed by atoms with Crippen LogP contribution in [0.1, 0.15) is 24.8 Å². The Morgan fingerprint density at radius 1 is 1.33 bits per heavy atom. The summed E-state index contributed by atoms with van der Waals surface area (Å²) in [6.45, 7) is 3.06. The van der Waals surface area contributed by atoms with Gasteiger partial charge in [0, 0.05) is 28.6 Å². The summed E-state index contributed by atoms with van der Waals surface area (Å²) in [4.78, 5) is 0.296. The Bertz CT molecular complexity index is 617. The fourth-order valence-corrected chi connectivity index (χ4v) is 5.82. The van der Waals surface area contributed by atoms with Gasteiger partial charge in [0.15, 0.2) is 0 Å². The van der Waals surface area contributed by atoms with E-state index in [9.17, 15) is 8.42 Å². The van der Waals surface area contributed by atoms with Gasteiger partial charge in [-0.2, -0.15) is 4.31 Å². The summed E-state index contributed by atoms with van der Waals surface area (Å²) in [6.07, 6.45) is 2.48. The minimum Gasteiger partial charge on any atom is -0.396 e. The number of halogens is 2. The molecule has 1 fully saturated rings. The summed E-state index contributed by atoms with van der Waals surface area (Å²) in [5.41, 5.74) is 0.984. The van der Waals surface area contributed by atoms with Crippen LogP contribution >= 0.6 is 31.9 Å². The van der Waals surface area contributed by atoms with Gasteiger partial charge in [-0.15, -0.1) is 0 Å². The fourth-order valence-electron chi connectivity index (χ4n) is 2.63. The third-order valence-electron chi connectivity index (χ3n) is 3.85. The molecule has 1 N–H and O–H groups in total. The number of aryl methyl sites for hydroxylation is 1. The molecule has 118 valence electrons. The number of aliphatic hydroxyl groups excluding tert-OH is 1. The van der Waals surface area contributed by atoms with Crippen LogP contribution in [0.25, 0.3) is 0 Å². The van der Waals surface area contributed by atoms with Crippen molar-refractivity contribution in [1.29, 1.82) is 0 Å². The lowest BCUT2D eigenvalue weighted by Crippen LogP contribution is -2.40. The monoisotopic (exact) mass is 439 g/mol. The van der Waals surface area contributed by atoms with E-state index in [-0.39, 0.29) is 12.5 Å². The van der Waals surface area contributed by atoms with Crippen molar-refractivity contribution >= 4 is 41.9 Å². The Balaban J connectivity index is 2.31. The second-order valence-electron chi connectivity index (χ2n) is 5.42. The average Bonchev–Trinajstić information content (AvgIpc) is 2.43. The first-order chi connectivity index (χ1) is 9.86. The number of nitrogens with zero attached hydrogens (tertiary/aromatic N) is 1. The van der Waals surface area contributed by atoms with Gasteiger partial charge in [-0.05, 0) is 65.7 Å². The molecule has 1 aromatic rings. The molecule has 1 saturated heterocycles. The first-order valence-electron chi connectivity index (χ1n) is 6.93. The molecule has 4 nitrogen and oxygen atoms in total. The minimum atomic E-state index is -3.51. The van der Waals surface area contributed by atoms with Crippen LogP contribution in [0.2, 0.25) is 0 Å². The normalized spacial score (nSPS) is 20.7. The van der Waals surface area contributed by atoms with Crippen molar-refractivity contribution in [1.82, 2.24) is 4.31 Å². The van der Waals surface area contributed by atoms with E-state index < -0.39 is 10.0 Å². The first-order valence-corrected chi connectivity index (χ1v) is 9.95. The quantitative estimate of drug-likeness (QED) is 0.781. The fraction of sp³-hybridized carbons (Fsp3) is 0.571. The van der Waals surface area contributed by atoms with E-state index in [0.29, 0.717) is 28.9 Å². The molecule has 0 spiro atoms. The first kappa shape index (κ1) is 17.4. The summed E-state index contributed by atoms with van der Waals surface area (Å²) in [5.74, 6) is 0.242. The molecule has 1 atom stereocenters. The van der Waals surface area contributed by atoms with Crippen molar-refractivity contribution in [2.24, 2.45) is 5.92 Å². The number of benzene rings is 1. The van der Waals surface area contributed by atoms with Gasteiger partial charge in [0.05, 0.1) is 4.90 Å². The van der Waals surface area contributed by atoms with Crippen LogP contribution in [-0.2, 0) is 10.0 Å². The molecule has 0 amide bonds. The average molecular weight is 441 g/mol. The molecule has 0 aromatic heterocycles. The summed E-state index contributed by atoms with van der Waals surface area (Å²) < 4.78 is 28.6. The van der Waals surface area contributed by atoms with E-state index in [4.69, 9.17) is 5.11 Å². The highest BCUT2D eigenvalue weighted by Gasteiger charge is 2.31. The van der Waals surface area contributed by atoms with Gasteiger partial charge in [0.25, 0.3) is 0 Å². The lowest BCUT2D eigenvalue weighted by molar-refractivity contribution is 0.203. The molecular formula is C14H19Br2NO3S. The van der Waals surface area contributed by atoms with Crippen LogP contribution in [-0.4, -0.2) is 37.5 Å². The third kappa shape index (κ3) is 3.88. The summed E-state index contributed by atoms with van der Waals surface area (Å²) in [7, 11) is -3.51. The van der Waals surface area contributed by atoms with Crippen molar-refractivity contribution in [2.75, 3.05) is 19.7 Å². The highest BCUT2D eigenvalue weighted by Crippen LogP contribution is 2.33. The Kier molecular flexibility index (Phi) is 5.87. The van der Waals surface area contributed by atoms with Gasteiger partial charge < -0.3 is 5.11 Å². The van der Waals surface area contributed by atoms with Crippen LogP contribution in [0.5, 0.6) is 0 Å². The van der Waals surface area contributed by atoms with Crippen molar-refractivity contribution in [3.63, 3.8) is 0 Å². The number of hydrogen-bond acceptors (Lipinski definition) is 3. The van der Waals surface area contributed by atoms with E-state index in [1.807, 2.05) is 13.0 Å². The van der Waals surface area contributed by atoms with Crippen LogP contribution in [0.4, 0.5) is 0 Å². The molecule has 1 aliphatic rings. The van der Waals surface area contributed by atoms with Crippen molar-refractivity contribution in [2.45, 2.75) is 31.1 Å². The summed E-state index contributed by atoms with van der Waals surface area (Å²) in [6, 6.07) is 3.47. The standard InChI is InChI=1S/C14H19Br2NO3S/c1-10-7-13(16)14(8-12(10)15)21(19,20)17-5-2-3-11(9-17)4-6-18/h7-8,11,18H,2-6,9H2,1H3. The maximum absolute atomic E-state index is 12.8. The van der Waals surface area contributed by atoms with Gasteiger partial charge in [-0.25, -0.2) is 8.42 Å². The Morgan fingerprint density at radius 2 is 2.05 bits per heavy atom. The molecule has 1 aliphatic heterocycles. The number of piperidine rings is 1. The van der Waals surface area contributed by atoms with Crippen LogP contribution in [0, 0.1) is 12.8 Å². The Labute approximate surface area is 142 Å². The Morgan fingerprint density at radius 3 is 2.71 bits per heavy atom. The number of rotatable bonds is 4. The van der Waals surface area contributed by atoms with Crippen LogP contribution < -0.4 is 0 Å². The smallest absolute Gasteiger partial charge is 0.244 e. The molecule has 21 heavy (non-hydrogen) atoms. The van der Waals surface area contributed by atoms with Gasteiger partial charge in [-0.1, -0.05) is 15.9 Å². The van der Waals surface area contributed by atoms with Crippen LogP contribution in [0.3, 0.4) is 0 Å². The highest BCUT2D eigenvalue weighted by molar-refractivity contribution is 9.11. The van der Waals surface area contributed by atoms with Crippen LogP contribution in [0.15, 0.2) is 26.0 Å². The van der Waals surface area contributed by atoms with Gasteiger partial charge in [0.2, 0.25) is 10.0 Å². The molecule has 7 heteroatoms. The molecule has 0 aliphatic carbocycles. The predicted octanol–water partition coefficient (Wildman–Crippen LogP) is 3.30. The summed E-state index contributed by atoms with van der Waals surface area (Å²) >= 11 is 6.76. The number of sulfonamides is 1. The molecule has 1 unspecified atom stereocenters. The lowest BCUT2D eigenvalue weighted by Gasteiger charge is -2.32. The predicted molar refractivity (Wildman–Crippen MR) is 89.8 cm³/mol. The zero-order valence-electron chi connectivity index (χ0n) is 11.8. The van der Waals surface area contributed by atoms with Gasteiger partial charge in [0.1, 0.15) is 0 Å². The van der Waals surface area contributed by atoms with E-state index in [1.165, 1.54) is 0 Å².